The van der Waals surface area contributed by atoms with Crippen molar-refractivity contribution in [3.63, 3.8) is 0 Å². The van der Waals surface area contributed by atoms with Crippen molar-refractivity contribution in [1.82, 2.24) is 24.5 Å². The Labute approximate surface area is 181 Å². The van der Waals surface area contributed by atoms with Gasteiger partial charge in [-0.2, -0.15) is 0 Å². The highest BCUT2D eigenvalue weighted by Crippen LogP contribution is 2.38. The summed E-state index contributed by atoms with van der Waals surface area (Å²) in [5.74, 6) is 0.929. The Morgan fingerprint density at radius 3 is 2.83 bits per heavy atom. The predicted octanol–water partition coefficient (Wildman–Crippen LogP) is 4.59. The van der Waals surface area contributed by atoms with Crippen molar-refractivity contribution >= 4 is 61.9 Å². The Kier molecular flexibility index (Phi) is 5.91. The summed E-state index contributed by atoms with van der Waals surface area (Å²) in [7, 11) is 0. The molecule has 0 aliphatic rings. The van der Waals surface area contributed by atoms with E-state index >= 15 is 0 Å². The van der Waals surface area contributed by atoms with Gasteiger partial charge >= 0.3 is 0 Å². The van der Waals surface area contributed by atoms with E-state index in [1.165, 1.54) is 18.1 Å². The molecule has 0 aliphatic heterocycles. The number of fused-ring (bicyclic) bond motifs is 2. The molecule has 0 fully saturated rings. The summed E-state index contributed by atoms with van der Waals surface area (Å²) in [6.07, 6.45) is 3.27. The van der Waals surface area contributed by atoms with Gasteiger partial charge in [-0.3, -0.25) is 0 Å². The van der Waals surface area contributed by atoms with Crippen LogP contribution in [0.1, 0.15) is 26.7 Å². The molecule has 0 radical (unpaired) electrons. The third kappa shape index (κ3) is 4.32. The van der Waals surface area contributed by atoms with Crippen LogP contribution < -0.4 is 11.5 Å². The lowest BCUT2D eigenvalue weighted by molar-refractivity contribution is 0.443. The van der Waals surface area contributed by atoms with E-state index in [2.05, 4.69) is 33.4 Å². The minimum absolute atomic E-state index is 0.116. The van der Waals surface area contributed by atoms with Crippen molar-refractivity contribution in [2.75, 3.05) is 5.73 Å². The number of rotatable bonds is 7. The normalized spacial score (nSPS) is 13.0. The highest BCUT2D eigenvalue weighted by Gasteiger charge is 2.19. The SMILES string of the molecule is CC(C)CC(N)CCn1c(Sc2nc3cccc(Cl)c3s2)nc2c(N)ncnc21. The predicted molar refractivity (Wildman–Crippen MR) is 121 cm³/mol. The molecule has 0 aliphatic carbocycles. The minimum atomic E-state index is 0.116. The Hall–Kier alpha value is -1.94. The van der Waals surface area contributed by atoms with E-state index in [9.17, 15) is 0 Å². The molecule has 4 aromatic rings. The van der Waals surface area contributed by atoms with Gasteiger partial charge in [-0.1, -0.05) is 31.5 Å². The van der Waals surface area contributed by atoms with Crippen LogP contribution in [0.15, 0.2) is 34.0 Å². The van der Waals surface area contributed by atoms with Crippen molar-refractivity contribution in [3.8, 4) is 0 Å². The first kappa shape index (κ1) is 20.3. The van der Waals surface area contributed by atoms with Crippen LogP contribution in [0, 0.1) is 5.92 Å². The summed E-state index contributed by atoms with van der Waals surface area (Å²) in [5.41, 5.74) is 14.6. The number of nitrogens with zero attached hydrogens (tertiary/aromatic N) is 5. The van der Waals surface area contributed by atoms with E-state index in [1.807, 2.05) is 18.2 Å². The van der Waals surface area contributed by atoms with Crippen LogP contribution in [0.25, 0.3) is 21.4 Å². The second-order valence-electron chi connectivity index (χ2n) is 7.33. The number of anilines is 1. The number of halogens is 1. The summed E-state index contributed by atoms with van der Waals surface area (Å²) < 4.78 is 3.89. The van der Waals surface area contributed by atoms with E-state index in [1.54, 1.807) is 11.3 Å². The molecule has 0 amide bonds. The van der Waals surface area contributed by atoms with Crippen LogP contribution in [0.5, 0.6) is 0 Å². The van der Waals surface area contributed by atoms with Gasteiger partial charge in [-0.15, -0.1) is 11.3 Å². The van der Waals surface area contributed by atoms with Crippen LogP contribution in [-0.4, -0.2) is 30.5 Å². The second kappa shape index (κ2) is 8.43. The van der Waals surface area contributed by atoms with Crippen LogP contribution in [0.4, 0.5) is 5.82 Å². The average molecular weight is 448 g/mol. The number of aryl methyl sites for hydroxylation is 1. The molecular formula is C19H22ClN7S2. The number of hydrogen-bond donors (Lipinski definition) is 2. The maximum absolute atomic E-state index is 6.31. The summed E-state index contributed by atoms with van der Waals surface area (Å²) in [5, 5.41) is 1.48. The zero-order chi connectivity index (χ0) is 20.5. The fraction of sp³-hybridized carbons (Fsp3) is 0.368. The van der Waals surface area contributed by atoms with E-state index in [-0.39, 0.29) is 6.04 Å². The molecule has 0 bridgehead atoms. The number of nitrogens with two attached hydrogens (primary N) is 2. The average Bonchev–Trinajstić information content (AvgIpc) is 3.22. The van der Waals surface area contributed by atoms with Crippen molar-refractivity contribution in [1.29, 1.82) is 0 Å². The minimum Gasteiger partial charge on any atom is -0.382 e. The van der Waals surface area contributed by atoms with Crippen LogP contribution in [0.2, 0.25) is 5.02 Å². The first-order chi connectivity index (χ1) is 13.9. The number of nitrogen functional groups attached to an aromatic ring is 1. The second-order valence-corrected chi connectivity index (χ2v) is 9.95. The lowest BCUT2D eigenvalue weighted by Crippen LogP contribution is -2.24. The van der Waals surface area contributed by atoms with Gasteiger partial charge < -0.3 is 16.0 Å². The van der Waals surface area contributed by atoms with E-state index < -0.39 is 0 Å². The zero-order valence-corrected chi connectivity index (χ0v) is 18.6. The van der Waals surface area contributed by atoms with Crippen molar-refractivity contribution in [2.45, 2.75) is 48.8 Å². The third-order valence-corrected chi connectivity index (χ3v) is 7.14. The largest absolute Gasteiger partial charge is 0.382 e. The molecule has 29 heavy (non-hydrogen) atoms. The van der Waals surface area contributed by atoms with Gasteiger partial charge in [0.25, 0.3) is 0 Å². The Bertz CT molecular complexity index is 1150. The molecule has 0 saturated heterocycles. The van der Waals surface area contributed by atoms with Gasteiger partial charge in [-0.05, 0) is 42.7 Å². The molecule has 152 valence electrons. The quantitative estimate of drug-likeness (QED) is 0.426. The van der Waals surface area contributed by atoms with Crippen molar-refractivity contribution in [2.24, 2.45) is 11.7 Å². The van der Waals surface area contributed by atoms with Gasteiger partial charge in [0.2, 0.25) is 0 Å². The Morgan fingerprint density at radius 1 is 1.24 bits per heavy atom. The van der Waals surface area contributed by atoms with Crippen LogP contribution >= 0.6 is 34.7 Å². The summed E-state index contributed by atoms with van der Waals surface area (Å²) in [6.45, 7) is 5.06. The molecule has 1 unspecified atom stereocenters. The zero-order valence-electron chi connectivity index (χ0n) is 16.2. The molecule has 0 spiro atoms. The number of hydrogen-bond acceptors (Lipinski definition) is 8. The number of thiazole rings is 1. The Morgan fingerprint density at radius 2 is 2.07 bits per heavy atom. The van der Waals surface area contributed by atoms with Gasteiger partial charge in [0.05, 0.1) is 15.2 Å². The maximum Gasteiger partial charge on any atom is 0.177 e. The molecule has 3 heterocycles. The monoisotopic (exact) mass is 447 g/mol. The van der Waals surface area contributed by atoms with Gasteiger partial charge in [0, 0.05) is 12.6 Å². The summed E-state index contributed by atoms with van der Waals surface area (Å²) in [6, 6.07) is 5.85. The topological polar surface area (TPSA) is 109 Å². The fourth-order valence-corrected chi connectivity index (χ4v) is 5.60. The molecule has 0 saturated carbocycles. The van der Waals surface area contributed by atoms with Crippen molar-refractivity contribution in [3.05, 3.63) is 29.5 Å². The molecular weight excluding hydrogens is 426 g/mol. The fourth-order valence-electron chi connectivity index (χ4n) is 3.25. The number of imidazole rings is 1. The summed E-state index contributed by atoms with van der Waals surface area (Å²) in [4.78, 5) is 17.9. The van der Waals surface area contributed by atoms with Gasteiger partial charge in [0.15, 0.2) is 26.5 Å². The molecule has 10 heteroatoms. The highest BCUT2D eigenvalue weighted by molar-refractivity contribution is 8.01. The highest BCUT2D eigenvalue weighted by atomic mass is 35.5. The molecule has 4 rings (SSSR count). The molecule has 1 aromatic carbocycles. The van der Waals surface area contributed by atoms with E-state index in [0.29, 0.717) is 28.8 Å². The standard InChI is InChI=1S/C19H22ClN7S2/c1-10(2)8-11(21)6-7-27-17-14(16(22)23-9-24-17)26-18(27)29-19-25-13-5-3-4-12(20)15(13)28-19/h3-5,9-11H,6-8,21H2,1-2H3,(H2,22,23,24). The lowest BCUT2D eigenvalue weighted by atomic mass is 10.0. The first-order valence-electron chi connectivity index (χ1n) is 9.37. The van der Waals surface area contributed by atoms with E-state index in [4.69, 9.17) is 28.1 Å². The van der Waals surface area contributed by atoms with Gasteiger partial charge in [-0.25, -0.2) is 19.9 Å². The number of benzene rings is 1. The lowest BCUT2D eigenvalue weighted by Gasteiger charge is -2.15. The van der Waals surface area contributed by atoms with E-state index in [0.717, 1.165) is 38.2 Å². The third-order valence-electron chi connectivity index (χ3n) is 4.55. The Balaban J connectivity index is 1.68. The smallest absolute Gasteiger partial charge is 0.177 e. The molecule has 1 atom stereocenters. The molecule has 4 N–H and O–H groups in total. The van der Waals surface area contributed by atoms with Crippen LogP contribution in [-0.2, 0) is 6.54 Å². The van der Waals surface area contributed by atoms with Gasteiger partial charge in [0.1, 0.15) is 6.33 Å². The van der Waals surface area contributed by atoms with Crippen LogP contribution in [0.3, 0.4) is 0 Å². The molecule has 7 nitrogen and oxygen atoms in total. The molecule has 3 aromatic heterocycles. The first-order valence-corrected chi connectivity index (χ1v) is 11.4. The van der Waals surface area contributed by atoms with Crippen molar-refractivity contribution < 1.29 is 0 Å². The maximum atomic E-state index is 6.31. The summed E-state index contributed by atoms with van der Waals surface area (Å²) >= 11 is 9.34. The number of aromatic nitrogens is 5.